The predicted molar refractivity (Wildman–Crippen MR) is 115 cm³/mol. The van der Waals surface area contributed by atoms with Crippen molar-refractivity contribution in [3.8, 4) is 0 Å². The summed E-state index contributed by atoms with van der Waals surface area (Å²) in [6, 6.07) is 11.2. The third-order valence-electron chi connectivity index (χ3n) is 5.11. The maximum Gasteiger partial charge on any atom is 0.330 e. The Morgan fingerprint density at radius 3 is 2.74 bits per heavy atom. The highest BCUT2D eigenvalue weighted by atomic mass is 16.5. The maximum absolute atomic E-state index is 12.9. The number of benzene rings is 1. The van der Waals surface area contributed by atoms with Crippen molar-refractivity contribution >= 4 is 17.4 Å². The highest BCUT2D eigenvalue weighted by Gasteiger charge is 2.27. The zero-order valence-electron chi connectivity index (χ0n) is 17.1. The number of hydrogen-bond acceptors (Lipinski definition) is 6. The maximum atomic E-state index is 12.9. The Balaban J connectivity index is 1.66. The molecule has 10 heteroatoms. The molecule has 31 heavy (non-hydrogen) atoms. The quantitative estimate of drug-likeness (QED) is 0.413. The molecular formula is C21H24N6O4. The van der Waals surface area contributed by atoms with Crippen molar-refractivity contribution in [3.63, 3.8) is 0 Å². The van der Waals surface area contributed by atoms with Crippen LogP contribution in [0.5, 0.6) is 0 Å². The monoisotopic (exact) mass is 424 g/mol. The SMILES string of the molecule is COCCn1c(NC(=O)c2cc(C3CC3)[nH]n2)c(NCc2ccccc2)c(=O)[nH]c1=O. The van der Waals surface area contributed by atoms with Crippen LogP contribution in [0.15, 0.2) is 46.0 Å². The Hall–Kier alpha value is -3.66. The van der Waals surface area contributed by atoms with Crippen LogP contribution in [0.1, 0.15) is 40.5 Å². The van der Waals surface area contributed by atoms with Crippen molar-refractivity contribution in [1.29, 1.82) is 0 Å². The summed E-state index contributed by atoms with van der Waals surface area (Å²) in [5, 5.41) is 12.7. The summed E-state index contributed by atoms with van der Waals surface area (Å²) in [7, 11) is 1.51. The van der Waals surface area contributed by atoms with Crippen molar-refractivity contribution in [3.05, 3.63) is 74.2 Å². The number of nitrogens with zero attached hydrogens (tertiary/aromatic N) is 2. The Labute approximate surface area is 177 Å². The van der Waals surface area contributed by atoms with Gasteiger partial charge in [0.15, 0.2) is 5.69 Å². The van der Waals surface area contributed by atoms with E-state index in [1.54, 1.807) is 6.07 Å². The average Bonchev–Trinajstić information content (AvgIpc) is 3.50. The number of carbonyl (C=O) groups excluding carboxylic acids is 1. The largest absolute Gasteiger partial charge is 0.383 e. The van der Waals surface area contributed by atoms with E-state index in [-0.39, 0.29) is 30.4 Å². The molecule has 1 aliphatic carbocycles. The van der Waals surface area contributed by atoms with E-state index in [9.17, 15) is 14.4 Å². The zero-order valence-corrected chi connectivity index (χ0v) is 17.1. The Morgan fingerprint density at radius 1 is 1.26 bits per heavy atom. The fraction of sp³-hybridized carbons (Fsp3) is 0.333. The second kappa shape index (κ2) is 9.00. The van der Waals surface area contributed by atoms with E-state index in [0.717, 1.165) is 24.1 Å². The van der Waals surface area contributed by atoms with Crippen molar-refractivity contribution in [2.24, 2.45) is 0 Å². The van der Waals surface area contributed by atoms with Gasteiger partial charge >= 0.3 is 5.69 Å². The molecule has 1 aliphatic rings. The number of rotatable bonds is 9. The van der Waals surface area contributed by atoms with Gasteiger partial charge in [0.05, 0.1) is 13.2 Å². The lowest BCUT2D eigenvalue weighted by Crippen LogP contribution is -2.36. The molecule has 2 heterocycles. The second-order valence-corrected chi connectivity index (χ2v) is 7.40. The predicted octanol–water partition coefficient (Wildman–Crippen LogP) is 1.65. The standard InChI is InChI=1S/C21H24N6O4/c1-31-10-9-27-18(23-19(28)16-11-15(25-26-16)14-7-8-14)17(20(29)24-21(27)30)22-12-13-5-3-2-4-6-13/h2-6,11,14,22H,7-10,12H2,1H3,(H,23,28)(H,25,26)(H,24,29,30). The summed E-state index contributed by atoms with van der Waals surface area (Å²) in [5.74, 6) is -0.0265. The molecule has 0 unspecified atom stereocenters. The molecule has 1 amide bonds. The van der Waals surface area contributed by atoms with Gasteiger partial charge in [-0.25, -0.2) is 4.79 Å². The van der Waals surface area contributed by atoms with Crippen molar-refractivity contribution in [2.75, 3.05) is 24.4 Å². The average molecular weight is 424 g/mol. The summed E-state index contributed by atoms with van der Waals surface area (Å²) in [6.45, 7) is 0.709. The number of aromatic nitrogens is 4. The van der Waals surface area contributed by atoms with Crippen LogP contribution in [0.25, 0.3) is 0 Å². The van der Waals surface area contributed by atoms with Crippen LogP contribution >= 0.6 is 0 Å². The first kappa shape index (κ1) is 20.6. The normalized spacial score (nSPS) is 13.2. The first-order chi connectivity index (χ1) is 15.1. The van der Waals surface area contributed by atoms with Crippen LogP contribution in [0.3, 0.4) is 0 Å². The molecule has 10 nitrogen and oxygen atoms in total. The van der Waals surface area contributed by atoms with Gasteiger partial charge in [-0.2, -0.15) is 5.10 Å². The number of nitrogens with one attached hydrogen (secondary N) is 4. The minimum absolute atomic E-state index is 0.0719. The Kier molecular flexibility index (Phi) is 5.99. The summed E-state index contributed by atoms with van der Waals surface area (Å²) < 4.78 is 6.35. The topological polar surface area (TPSA) is 134 Å². The third-order valence-corrected chi connectivity index (χ3v) is 5.11. The van der Waals surface area contributed by atoms with Gasteiger partial charge in [0.2, 0.25) is 0 Å². The molecule has 0 bridgehead atoms. The van der Waals surface area contributed by atoms with Crippen LogP contribution in [0, 0.1) is 0 Å². The van der Waals surface area contributed by atoms with Crippen LogP contribution < -0.4 is 21.9 Å². The number of carbonyl (C=O) groups is 1. The van der Waals surface area contributed by atoms with Gasteiger partial charge in [0.25, 0.3) is 11.5 Å². The summed E-state index contributed by atoms with van der Waals surface area (Å²) in [5.41, 5.74) is 0.882. The molecular weight excluding hydrogens is 400 g/mol. The molecule has 162 valence electrons. The highest BCUT2D eigenvalue weighted by Crippen LogP contribution is 2.39. The van der Waals surface area contributed by atoms with Crippen molar-refractivity contribution in [1.82, 2.24) is 19.7 Å². The Bertz CT molecular complexity index is 1180. The molecule has 1 aromatic carbocycles. The molecule has 4 N–H and O–H groups in total. The van der Waals surface area contributed by atoms with Gasteiger partial charge in [-0.3, -0.25) is 24.2 Å². The van der Waals surface area contributed by atoms with E-state index in [1.165, 1.54) is 11.7 Å². The lowest BCUT2D eigenvalue weighted by molar-refractivity contribution is 0.102. The molecule has 4 rings (SSSR count). The number of ether oxygens (including phenoxy) is 1. The molecule has 1 saturated carbocycles. The number of anilines is 2. The number of amides is 1. The number of aromatic amines is 2. The molecule has 0 radical (unpaired) electrons. The van der Waals surface area contributed by atoms with Crippen LogP contribution in [0.2, 0.25) is 0 Å². The van der Waals surface area contributed by atoms with Gasteiger partial charge in [-0.05, 0) is 24.5 Å². The van der Waals surface area contributed by atoms with Crippen LogP contribution in [-0.4, -0.2) is 39.4 Å². The van der Waals surface area contributed by atoms with E-state index in [0.29, 0.717) is 12.5 Å². The number of hydrogen-bond donors (Lipinski definition) is 4. The molecule has 0 spiro atoms. The van der Waals surface area contributed by atoms with Crippen LogP contribution in [-0.2, 0) is 17.8 Å². The first-order valence-electron chi connectivity index (χ1n) is 10.1. The molecule has 1 fully saturated rings. The third kappa shape index (κ3) is 4.75. The van der Waals surface area contributed by atoms with E-state index in [2.05, 4.69) is 25.8 Å². The summed E-state index contributed by atoms with van der Waals surface area (Å²) in [4.78, 5) is 40.2. The van der Waals surface area contributed by atoms with Crippen LogP contribution in [0.4, 0.5) is 11.5 Å². The summed E-state index contributed by atoms with van der Waals surface area (Å²) in [6.07, 6.45) is 2.14. The van der Waals surface area contributed by atoms with Crippen molar-refractivity contribution in [2.45, 2.75) is 31.8 Å². The fourth-order valence-electron chi connectivity index (χ4n) is 3.28. The first-order valence-corrected chi connectivity index (χ1v) is 10.1. The molecule has 3 aromatic rings. The number of methoxy groups -OCH3 is 1. The Morgan fingerprint density at radius 2 is 2.03 bits per heavy atom. The van der Waals surface area contributed by atoms with E-state index < -0.39 is 17.2 Å². The molecule has 0 saturated heterocycles. The van der Waals surface area contributed by atoms with Gasteiger partial charge in [-0.1, -0.05) is 30.3 Å². The van der Waals surface area contributed by atoms with Gasteiger partial charge in [0.1, 0.15) is 11.5 Å². The second-order valence-electron chi connectivity index (χ2n) is 7.40. The van der Waals surface area contributed by atoms with E-state index in [4.69, 9.17) is 4.74 Å². The molecule has 0 aliphatic heterocycles. The molecule has 2 aromatic heterocycles. The highest BCUT2D eigenvalue weighted by molar-refractivity contribution is 6.04. The lowest BCUT2D eigenvalue weighted by atomic mass is 10.2. The number of H-pyrrole nitrogens is 2. The fourth-order valence-corrected chi connectivity index (χ4v) is 3.28. The van der Waals surface area contributed by atoms with Crippen molar-refractivity contribution < 1.29 is 9.53 Å². The summed E-state index contributed by atoms with van der Waals surface area (Å²) >= 11 is 0. The zero-order chi connectivity index (χ0) is 21.8. The van der Waals surface area contributed by atoms with Gasteiger partial charge in [-0.15, -0.1) is 0 Å². The molecule has 0 atom stereocenters. The minimum Gasteiger partial charge on any atom is -0.383 e. The van der Waals surface area contributed by atoms with E-state index in [1.807, 2.05) is 30.3 Å². The van der Waals surface area contributed by atoms with Gasteiger partial charge in [0, 0.05) is 25.3 Å². The smallest absolute Gasteiger partial charge is 0.330 e. The minimum atomic E-state index is -0.636. The van der Waals surface area contributed by atoms with E-state index >= 15 is 0 Å². The van der Waals surface area contributed by atoms with Gasteiger partial charge < -0.3 is 15.4 Å². The lowest BCUT2D eigenvalue weighted by Gasteiger charge is -2.17.